The molecule has 7 rings (SSSR count). The molecule has 1 atom stereocenters. The minimum Gasteiger partial charge on any atom is -0.493 e. The first kappa shape index (κ1) is 19.1. The van der Waals surface area contributed by atoms with E-state index in [-0.39, 0.29) is 18.4 Å². The van der Waals surface area contributed by atoms with Gasteiger partial charge in [-0.3, -0.25) is 9.13 Å². The van der Waals surface area contributed by atoms with Crippen LogP contribution in [0.25, 0.3) is 10.9 Å². The Labute approximate surface area is 194 Å². The molecule has 34 heavy (non-hydrogen) atoms. The molecule has 7 nitrogen and oxygen atoms in total. The molecule has 2 aromatic heterocycles. The number of ether oxygens (including phenoxy) is 2. The van der Waals surface area contributed by atoms with Crippen molar-refractivity contribution >= 4 is 10.9 Å². The standard InChI is InChI=1S/C27H21N3O4/c31-26-21-13-19-18-8-4-5-9-20(18)28-24(19)25(17-10-11-22-23(12-17)34-15-33-22)30(21)27(32)29(26)14-16-6-2-1-3-7-16/h1-12,25,28,31H,13-15H2. The molecule has 2 N–H and O–H groups in total. The number of aromatic hydroxyl groups is 1. The summed E-state index contributed by atoms with van der Waals surface area (Å²) in [6.07, 6.45) is 0.462. The minimum atomic E-state index is -0.434. The fourth-order valence-corrected chi connectivity index (χ4v) is 5.28. The summed E-state index contributed by atoms with van der Waals surface area (Å²) >= 11 is 0. The molecule has 0 bridgehead atoms. The number of nitrogens with one attached hydrogen (secondary N) is 1. The van der Waals surface area contributed by atoms with E-state index in [0.29, 0.717) is 30.2 Å². The van der Waals surface area contributed by atoms with E-state index in [2.05, 4.69) is 11.1 Å². The van der Waals surface area contributed by atoms with Gasteiger partial charge in [0.05, 0.1) is 12.2 Å². The number of hydrogen-bond acceptors (Lipinski definition) is 4. The Kier molecular flexibility index (Phi) is 3.96. The monoisotopic (exact) mass is 451 g/mol. The number of imidazole rings is 1. The van der Waals surface area contributed by atoms with E-state index in [4.69, 9.17) is 9.47 Å². The van der Waals surface area contributed by atoms with Crippen molar-refractivity contribution in [1.82, 2.24) is 14.1 Å². The summed E-state index contributed by atoms with van der Waals surface area (Å²) in [6, 6.07) is 23.1. The quantitative estimate of drug-likeness (QED) is 0.424. The van der Waals surface area contributed by atoms with Crippen molar-refractivity contribution < 1.29 is 14.6 Å². The molecule has 2 aliphatic rings. The van der Waals surface area contributed by atoms with Gasteiger partial charge in [-0.25, -0.2) is 4.79 Å². The molecule has 2 aliphatic heterocycles. The zero-order valence-corrected chi connectivity index (χ0v) is 18.2. The van der Waals surface area contributed by atoms with E-state index in [0.717, 1.165) is 33.3 Å². The zero-order chi connectivity index (χ0) is 22.8. The van der Waals surface area contributed by atoms with Crippen molar-refractivity contribution in [3.63, 3.8) is 0 Å². The van der Waals surface area contributed by atoms with Crippen molar-refractivity contribution in [3.05, 3.63) is 111 Å². The van der Waals surface area contributed by atoms with E-state index in [1.54, 1.807) is 4.57 Å². The zero-order valence-electron chi connectivity index (χ0n) is 18.2. The van der Waals surface area contributed by atoms with Crippen molar-refractivity contribution in [1.29, 1.82) is 0 Å². The third-order valence-electron chi connectivity index (χ3n) is 6.86. The summed E-state index contributed by atoms with van der Waals surface area (Å²) in [5, 5.41) is 12.4. The van der Waals surface area contributed by atoms with E-state index >= 15 is 0 Å². The normalized spacial score (nSPS) is 15.9. The van der Waals surface area contributed by atoms with Gasteiger partial charge in [0.25, 0.3) is 0 Å². The Morgan fingerprint density at radius 2 is 1.76 bits per heavy atom. The third kappa shape index (κ3) is 2.67. The number of H-pyrrole nitrogens is 1. The first-order valence-corrected chi connectivity index (χ1v) is 11.2. The smallest absolute Gasteiger partial charge is 0.332 e. The Morgan fingerprint density at radius 3 is 2.65 bits per heavy atom. The fourth-order valence-electron chi connectivity index (χ4n) is 5.28. The van der Waals surface area contributed by atoms with E-state index in [9.17, 15) is 9.90 Å². The number of para-hydroxylation sites is 1. The van der Waals surface area contributed by atoms with Crippen molar-refractivity contribution in [3.8, 4) is 17.4 Å². The minimum absolute atomic E-state index is 0.00975. The lowest BCUT2D eigenvalue weighted by molar-refractivity contribution is 0.174. The number of hydrogen-bond donors (Lipinski definition) is 2. The largest absolute Gasteiger partial charge is 0.493 e. The van der Waals surface area contributed by atoms with Gasteiger partial charge in [0.2, 0.25) is 12.7 Å². The fraction of sp³-hybridized carbons (Fsp3) is 0.148. The summed E-state index contributed by atoms with van der Waals surface area (Å²) in [5.74, 6) is 1.35. The molecule has 7 heteroatoms. The molecule has 0 spiro atoms. The molecule has 3 aromatic carbocycles. The molecule has 0 saturated heterocycles. The lowest BCUT2D eigenvalue weighted by Gasteiger charge is -2.26. The van der Waals surface area contributed by atoms with Crippen LogP contribution >= 0.6 is 0 Å². The molecular weight excluding hydrogens is 430 g/mol. The number of rotatable bonds is 3. The number of nitrogens with zero attached hydrogens (tertiary/aromatic N) is 2. The van der Waals surface area contributed by atoms with Gasteiger partial charge in [0, 0.05) is 23.0 Å². The second-order valence-corrected chi connectivity index (χ2v) is 8.75. The van der Waals surface area contributed by atoms with Crippen LogP contribution in [0, 0.1) is 0 Å². The highest BCUT2D eigenvalue weighted by atomic mass is 16.7. The van der Waals surface area contributed by atoms with Crippen LogP contribution in [0.5, 0.6) is 17.4 Å². The van der Waals surface area contributed by atoms with Crippen LogP contribution in [0.2, 0.25) is 0 Å². The van der Waals surface area contributed by atoms with Gasteiger partial charge in [0.15, 0.2) is 11.5 Å². The lowest BCUT2D eigenvalue weighted by atomic mass is 9.92. The maximum atomic E-state index is 13.8. The predicted octanol–water partition coefficient (Wildman–Crippen LogP) is 4.16. The highest BCUT2D eigenvalue weighted by Crippen LogP contribution is 2.43. The Morgan fingerprint density at radius 1 is 0.971 bits per heavy atom. The first-order chi connectivity index (χ1) is 16.7. The Balaban J connectivity index is 1.47. The van der Waals surface area contributed by atoms with Gasteiger partial charge in [0.1, 0.15) is 6.04 Å². The molecule has 0 amide bonds. The van der Waals surface area contributed by atoms with Gasteiger partial charge >= 0.3 is 5.69 Å². The molecule has 5 aromatic rings. The van der Waals surface area contributed by atoms with Crippen molar-refractivity contribution in [2.45, 2.75) is 19.0 Å². The van der Waals surface area contributed by atoms with Crippen LogP contribution in [-0.4, -0.2) is 26.0 Å². The van der Waals surface area contributed by atoms with Gasteiger partial charge in [-0.1, -0.05) is 54.6 Å². The van der Waals surface area contributed by atoms with Crippen molar-refractivity contribution in [2.75, 3.05) is 6.79 Å². The van der Waals surface area contributed by atoms with Crippen molar-refractivity contribution in [2.24, 2.45) is 0 Å². The van der Waals surface area contributed by atoms with Crippen LogP contribution < -0.4 is 15.2 Å². The Bertz CT molecular complexity index is 1630. The number of aromatic nitrogens is 3. The highest BCUT2D eigenvalue weighted by molar-refractivity contribution is 5.86. The molecule has 4 heterocycles. The lowest BCUT2D eigenvalue weighted by Crippen LogP contribution is -2.32. The van der Waals surface area contributed by atoms with Crippen LogP contribution in [0.15, 0.2) is 77.6 Å². The highest BCUT2D eigenvalue weighted by Gasteiger charge is 2.36. The average molecular weight is 451 g/mol. The van der Waals surface area contributed by atoms with Gasteiger partial charge in [-0.15, -0.1) is 0 Å². The molecular formula is C27H21N3O4. The van der Waals surface area contributed by atoms with Gasteiger partial charge < -0.3 is 19.6 Å². The van der Waals surface area contributed by atoms with Crippen LogP contribution in [0.3, 0.4) is 0 Å². The molecule has 1 unspecified atom stereocenters. The second-order valence-electron chi connectivity index (χ2n) is 8.75. The number of aromatic amines is 1. The SMILES string of the molecule is O=c1n(Cc2ccccc2)c(O)c2n1C(c1ccc3c(c1)OCO3)c1[nH]c3ccccc3c1C2. The second kappa shape index (κ2) is 7.05. The number of fused-ring (bicyclic) bond motifs is 5. The molecule has 0 aliphatic carbocycles. The third-order valence-corrected chi connectivity index (χ3v) is 6.86. The Hall–Kier alpha value is -4.39. The van der Waals surface area contributed by atoms with Crippen LogP contribution in [0.4, 0.5) is 0 Å². The maximum Gasteiger partial charge on any atom is 0.332 e. The van der Waals surface area contributed by atoms with E-state index in [1.165, 1.54) is 4.57 Å². The number of benzene rings is 3. The van der Waals surface area contributed by atoms with Gasteiger partial charge in [-0.2, -0.15) is 0 Å². The summed E-state index contributed by atoms with van der Waals surface area (Å²) in [7, 11) is 0. The van der Waals surface area contributed by atoms with Gasteiger partial charge in [-0.05, 0) is 34.9 Å². The molecule has 0 saturated carbocycles. The maximum absolute atomic E-state index is 13.8. The predicted molar refractivity (Wildman–Crippen MR) is 127 cm³/mol. The summed E-state index contributed by atoms with van der Waals surface area (Å²) in [4.78, 5) is 17.3. The summed E-state index contributed by atoms with van der Waals surface area (Å²) < 4.78 is 14.3. The van der Waals surface area contributed by atoms with Crippen LogP contribution in [0.1, 0.15) is 34.1 Å². The summed E-state index contributed by atoms with van der Waals surface area (Å²) in [6.45, 7) is 0.481. The van der Waals surface area contributed by atoms with Crippen LogP contribution in [-0.2, 0) is 13.0 Å². The molecule has 0 radical (unpaired) electrons. The van der Waals surface area contributed by atoms with E-state index in [1.807, 2.05) is 66.7 Å². The summed E-state index contributed by atoms with van der Waals surface area (Å²) in [5.41, 5.74) is 5.25. The molecule has 0 fully saturated rings. The topological polar surface area (TPSA) is 81.4 Å². The molecule has 168 valence electrons. The first-order valence-electron chi connectivity index (χ1n) is 11.2. The average Bonchev–Trinajstić information content (AvgIpc) is 3.55. The van der Waals surface area contributed by atoms with E-state index < -0.39 is 6.04 Å².